The van der Waals surface area contributed by atoms with Gasteiger partial charge in [-0.25, -0.2) is 4.57 Å². The first-order chi connectivity index (χ1) is 7.52. The predicted molar refractivity (Wildman–Crippen MR) is 61.1 cm³/mol. The fraction of sp³-hybridized carbons (Fsp3) is 1.00. The van der Waals surface area contributed by atoms with Gasteiger partial charge in [0.1, 0.15) is 19.3 Å². The van der Waals surface area contributed by atoms with Crippen molar-refractivity contribution in [2.75, 3.05) is 47.5 Å². The van der Waals surface area contributed by atoms with Crippen molar-refractivity contribution in [1.82, 2.24) is 0 Å². The molecule has 0 saturated heterocycles. The van der Waals surface area contributed by atoms with E-state index in [-0.39, 0.29) is 32.2 Å². The van der Waals surface area contributed by atoms with Crippen molar-refractivity contribution >= 4 is 7.82 Å². The molecule has 0 heterocycles. The van der Waals surface area contributed by atoms with Crippen molar-refractivity contribution in [2.45, 2.75) is 6.10 Å². The Labute approximate surface area is 113 Å². The SMILES string of the molecule is C[N+](C)(C)CCOP(=O)(O)O.OCC(O)CO.[Cl-]. The summed E-state index contributed by atoms with van der Waals surface area (Å²) in [6.07, 6.45) is -0.954. The highest BCUT2D eigenvalue weighted by molar-refractivity contribution is 7.46. The first kappa shape index (κ1) is 23.3. The first-order valence-electron chi connectivity index (χ1n) is 4.92. The van der Waals surface area contributed by atoms with Crippen molar-refractivity contribution < 1.29 is 51.1 Å². The van der Waals surface area contributed by atoms with E-state index in [1.165, 1.54) is 0 Å². The van der Waals surface area contributed by atoms with E-state index in [0.29, 0.717) is 11.0 Å². The molecule has 0 spiro atoms. The van der Waals surface area contributed by atoms with Gasteiger partial charge in [0.25, 0.3) is 0 Å². The van der Waals surface area contributed by atoms with Crippen LogP contribution in [0.1, 0.15) is 0 Å². The molecule has 0 fully saturated rings. The van der Waals surface area contributed by atoms with Gasteiger partial charge in [-0.3, -0.25) is 4.52 Å². The summed E-state index contributed by atoms with van der Waals surface area (Å²) in [5, 5.41) is 24.0. The molecule has 0 aliphatic rings. The number of quaternary nitrogens is 1. The number of likely N-dealkylation sites (N-methyl/N-ethyl adjacent to an activating group) is 1. The Kier molecular flexibility index (Phi) is 14.4. The second kappa shape index (κ2) is 11.1. The van der Waals surface area contributed by atoms with Gasteiger partial charge in [-0.2, -0.15) is 0 Å². The molecular weight excluding hydrogens is 289 g/mol. The maximum atomic E-state index is 10.2. The van der Waals surface area contributed by atoms with Crippen LogP contribution < -0.4 is 12.4 Å². The summed E-state index contributed by atoms with van der Waals surface area (Å²) in [5.74, 6) is 0. The molecule has 8 nitrogen and oxygen atoms in total. The summed E-state index contributed by atoms with van der Waals surface area (Å²) in [5.41, 5.74) is 0. The number of phosphoric acid groups is 1. The molecule has 0 rings (SSSR count). The molecule has 0 radical (unpaired) electrons. The van der Waals surface area contributed by atoms with E-state index in [4.69, 9.17) is 25.1 Å². The van der Waals surface area contributed by atoms with Crippen LogP contribution in [0, 0.1) is 0 Å². The average Bonchev–Trinajstić information content (AvgIpc) is 2.13. The number of rotatable bonds is 6. The summed E-state index contributed by atoms with van der Waals surface area (Å²) >= 11 is 0. The maximum Gasteiger partial charge on any atom is 0.469 e. The topological polar surface area (TPSA) is 127 Å². The van der Waals surface area contributed by atoms with Crippen LogP contribution in [0.3, 0.4) is 0 Å². The second-order valence-corrected chi connectivity index (χ2v) is 5.60. The van der Waals surface area contributed by atoms with Gasteiger partial charge in [0.15, 0.2) is 0 Å². The highest BCUT2D eigenvalue weighted by Gasteiger charge is 2.15. The van der Waals surface area contributed by atoms with E-state index >= 15 is 0 Å². The van der Waals surface area contributed by atoms with E-state index in [1.54, 1.807) is 0 Å². The lowest BCUT2D eigenvalue weighted by Gasteiger charge is -2.23. The van der Waals surface area contributed by atoms with Gasteiger partial charge >= 0.3 is 7.82 Å². The number of phosphoric ester groups is 1. The predicted octanol–water partition coefficient (Wildman–Crippen LogP) is -4.86. The Morgan fingerprint density at radius 1 is 1.17 bits per heavy atom. The average molecular weight is 312 g/mol. The Hall–Kier alpha value is 0.240. The lowest BCUT2D eigenvalue weighted by Crippen LogP contribution is -3.00. The van der Waals surface area contributed by atoms with Crippen LogP contribution >= 0.6 is 7.82 Å². The zero-order valence-corrected chi connectivity index (χ0v) is 12.4. The lowest BCUT2D eigenvalue weighted by atomic mass is 10.4. The minimum Gasteiger partial charge on any atom is -1.00 e. The highest BCUT2D eigenvalue weighted by atomic mass is 35.5. The van der Waals surface area contributed by atoms with E-state index in [9.17, 15) is 4.57 Å². The zero-order valence-electron chi connectivity index (χ0n) is 10.7. The normalized spacial score (nSPS) is 11.6. The lowest BCUT2D eigenvalue weighted by molar-refractivity contribution is -0.870. The van der Waals surface area contributed by atoms with Crippen molar-refractivity contribution in [3.05, 3.63) is 0 Å². The van der Waals surface area contributed by atoms with Gasteiger partial charge in [0.2, 0.25) is 0 Å². The first-order valence-corrected chi connectivity index (χ1v) is 6.45. The molecular formula is C8H23ClNO7P. The van der Waals surface area contributed by atoms with E-state index in [1.807, 2.05) is 21.1 Å². The van der Waals surface area contributed by atoms with Gasteiger partial charge in [-0.15, -0.1) is 0 Å². The Morgan fingerprint density at radius 3 is 1.72 bits per heavy atom. The number of aliphatic hydroxyl groups excluding tert-OH is 3. The summed E-state index contributed by atoms with van der Waals surface area (Å²) in [6.45, 7) is -0.0775. The van der Waals surface area contributed by atoms with Crippen LogP contribution in [-0.2, 0) is 9.09 Å². The molecule has 0 aromatic carbocycles. The van der Waals surface area contributed by atoms with Crippen molar-refractivity contribution in [2.24, 2.45) is 0 Å². The molecule has 0 aliphatic carbocycles. The fourth-order valence-electron chi connectivity index (χ4n) is 0.491. The van der Waals surface area contributed by atoms with E-state index in [2.05, 4.69) is 4.52 Å². The van der Waals surface area contributed by atoms with Crippen LogP contribution in [-0.4, -0.2) is 83.2 Å². The molecule has 0 aromatic rings. The minimum absolute atomic E-state index is 0. The van der Waals surface area contributed by atoms with Gasteiger partial charge in [-0.1, -0.05) is 0 Å². The molecule has 0 aliphatic heterocycles. The standard InChI is InChI=1S/C5H14NO4P.C3H8O3.ClH/c1-6(2,3)4-5-10-11(7,8)9;4-1-3(6)2-5;/h4-5H2,1-3H3,(H-,7,8,9);3-6H,1-2H2;1H. The quantitative estimate of drug-likeness (QED) is 0.246. The Bertz CT molecular complexity index is 226. The smallest absolute Gasteiger partial charge is 0.469 e. The third-order valence-corrected chi connectivity index (χ3v) is 1.96. The van der Waals surface area contributed by atoms with Gasteiger partial charge < -0.3 is 42.0 Å². The molecule has 0 saturated carbocycles. The molecule has 0 bridgehead atoms. The molecule has 0 amide bonds. The number of nitrogens with zero attached hydrogens (tertiary/aromatic N) is 1. The number of hydrogen-bond donors (Lipinski definition) is 5. The molecule has 0 unspecified atom stereocenters. The molecule has 0 aromatic heterocycles. The molecule has 5 N–H and O–H groups in total. The molecule has 0 atom stereocenters. The largest absolute Gasteiger partial charge is 1.00 e. The van der Waals surface area contributed by atoms with Gasteiger partial charge in [0.05, 0.1) is 34.4 Å². The Morgan fingerprint density at radius 2 is 1.56 bits per heavy atom. The zero-order chi connectivity index (χ0) is 14.1. The number of halogens is 1. The van der Waals surface area contributed by atoms with Crippen LogP contribution in [0.2, 0.25) is 0 Å². The minimum atomic E-state index is -4.26. The van der Waals surface area contributed by atoms with Crippen LogP contribution in [0.15, 0.2) is 0 Å². The third-order valence-electron chi connectivity index (χ3n) is 1.44. The molecule has 10 heteroatoms. The fourth-order valence-corrected chi connectivity index (χ4v) is 0.811. The van der Waals surface area contributed by atoms with Crippen LogP contribution in [0.5, 0.6) is 0 Å². The summed E-state index contributed by atoms with van der Waals surface area (Å²) in [7, 11) is 1.50. The number of hydrogen-bond acceptors (Lipinski definition) is 5. The van der Waals surface area contributed by atoms with Gasteiger partial charge in [-0.05, 0) is 0 Å². The van der Waals surface area contributed by atoms with E-state index < -0.39 is 13.9 Å². The molecule has 18 heavy (non-hydrogen) atoms. The third kappa shape index (κ3) is 25.2. The van der Waals surface area contributed by atoms with Crippen molar-refractivity contribution in [3.63, 3.8) is 0 Å². The summed E-state index contributed by atoms with van der Waals surface area (Å²) in [6, 6.07) is 0. The number of aliphatic hydroxyl groups is 3. The van der Waals surface area contributed by atoms with Crippen molar-refractivity contribution in [3.8, 4) is 0 Å². The molecule has 114 valence electrons. The second-order valence-electron chi connectivity index (χ2n) is 4.36. The van der Waals surface area contributed by atoms with E-state index in [0.717, 1.165) is 0 Å². The Balaban J connectivity index is -0.000000277. The maximum absolute atomic E-state index is 10.2. The summed E-state index contributed by atoms with van der Waals surface area (Å²) in [4.78, 5) is 16.6. The van der Waals surface area contributed by atoms with Crippen LogP contribution in [0.25, 0.3) is 0 Å². The monoisotopic (exact) mass is 311 g/mol. The van der Waals surface area contributed by atoms with Crippen LogP contribution in [0.4, 0.5) is 0 Å². The summed E-state index contributed by atoms with van der Waals surface area (Å²) < 4.78 is 15.1. The van der Waals surface area contributed by atoms with Crippen molar-refractivity contribution in [1.29, 1.82) is 0 Å². The van der Waals surface area contributed by atoms with Gasteiger partial charge in [0, 0.05) is 0 Å². The highest BCUT2D eigenvalue weighted by Crippen LogP contribution is 2.35.